The molecule has 0 bridgehead atoms. The standard InChI is InChI=1S/C34H32BrClN2O6S/c1-6-42-33(40)29-20(4)37-34-38(30(29)22-11-13-24(14-12-22)44-19(2)3)32(39)28(45-34)17-21-15-25(35)31(27(16-21)41-5)43-18-23-9-7-8-10-26(23)36/h7-17,19,30H,6,18H2,1-5H3/b28-17-/t30-/m1/s1. The number of ether oxygens (including phenoxy) is 4. The smallest absolute Gasteiger partial charge is 0.338 e. The summed E-state index contributed by atoms with van der Waals surface area (Å²) in [6, 6.07) is 17.8. The number of benzene rings is 3. The van der Waals surface area contributed by atoms with Gasteiger partial charge in [-0.2, -0.15) is 0 Å². The molecule has 234 valence electrons. The van der Waals surface area contributed by atoms with Crippen LogP contribution in [0.15, 0.2) is 86.2 Å². The molecule has 1 atom stereocenters. The second-order valence-corrected chi connectivity index (χ2v) is 12.7. The van der Waals surface area contributed by atoms with Gasteiger partial charge in [-0.3, -0.25) is 9.36 Å². The third-order valence-electron chi connectivity index (χ3n) is 6.96. The van der Waals surface area contributed by atoms with Crippen LogP contribution in [0, 0.1) is 0 Å². The SMILES string of the molecule is CCOC(=O)C1=C(C)N=c2s/c(=C\c3cc(Br)c(OCc4ccccc4Cl)c(OC)c3)c(=O)n2[C@@H]1c1ccc(OC(C)C)cc1. The fraction of sp³-hybridized carbons (Fsp3) is 0.265. The predicted molar refractivity (Wildman–Crippen MR) is 179 cm³/mol. The Balaban J connectivity index is 1.57. The quantitative estimate of drug-likeness (QED) is 0.173. The molecule has 0 amide bonds. The molecule has 0 saturated heterocycles. The molecule has 5 rings (SSSR count). The van der Waals surface area contributed by atoms with Gasteiger partial charge in [-0.1, -0.05) is 53.3 Å². The first-order valence-electron chi connectivity index (χ1n) is 14.3. The van der Waals surface area contributed by atoms with E-state index < -0.39 is 12.0 Å². The third kappa shape index (κ3) is 7.03. The summed E-state index contributed by atoms with van der Waals surface area (Å²) >= 11 is 11.1. The highest BCUT2D eigenvalue weighted by atomic mass is 79.9. The molecular formula is C34H32BrClN2O6S. The van der Waals surface area contributed by atoms with E-state index in [9.17, 15) is 9.59 Å². The van der Waals surface area contributed by atoms with Gasteiger partial charge < -0.3 is 18.9 Å². The van der Waals surface area contributed by atoms with E-state index in [4.69, 9.17) is 30.5 Å². The number of nitrogens with zero attached hydrogens (tertiary/aromatic N) is 2. The fourth-order valence-corrected chi connectivity index (χ4v) is 6.80. The van der Waals surface area contributed by atoms with Crippen LogP contribution in [0.4, 0.5) is 0 Å². The number of aromatic nitrogens is 1. The minimum absolute atomic E-state index is 0.00686. The number of carbonyl (C=O) groups is 1. The van der Waals surface area contributed by atoms with Crippen LogP contribution in [0.25, 0.3) is 6.08 Å². The number of thiazole rings is 1. The zero-order chi connectivity index (χ0) is 32.2. The van der Waals surface area contributed by atoms with E-state index in [1.54, 1.807) is 37.7 Å². The summed E-state index contributed by atoms with van der Waals surface area (Å²) in [7, 11) is 1.55. The lowest BCUT2D eigenvalue weighted by Crippen LogP contribution is -2.39. The molecule has 11 heteroatoms. The number of hydrogen-bond acceptors (Lipinski definition) is 8. The Hall–Kier alpha value is -3.86. The van der Waals surface area contributed by atoms with Crippen LogP contribution in [0.5, 0.6) is 17.2 Å². The van der Waals surface area contributed by atoms with Gasteiger partial charge in [-0.05, 0) is 91.2 Å². The van der Waals surface area contributed by atoms with Gasteiger partial charge in [0.25, 0.3) is 5.56 Å². The van der Waals surface area contributed by atoms with Gasteiger partial charge in [0.2, 0.25) is 0 Å². The highest BCUT2D eigenvalue weighted by molar-refractivity contribution is 9.10. The minimum atomic E-state index is -0.725. The number of carbonyl (C=O) groups excluding carboxylic acids is 1. The van der Waals surface area contributed by atoms with Crippen LogP contribution in [0.1, 0.15) is 50.4 Å². The zero-order valence-electron chi connectivity index (χ0n) is 25.4. The second-order valence-electron chi connectivity index (χ2n) is 10.5. The van der Waals surface area contributed by atoms with Crippen LogP contribution in [0.2, 0.25) is 5.02 Å². The highest BCUT2D eigenvalue weighted by Gasteiger charge is 2.33. The second kappa shape index (κ2) is 14.1. The number of fused-ring (bicyclic) bond motifs is 1. The topological polar surface area (TPSA) is 88.4 Å². The van der Waals surface area contributed by atoms with Crippen molar-refractivity contribution in [1.29, 1.82) is 0 Å². The lowest BCUT2D eigenvalue weighted by Gasteiger charge is -2.25. The normalized spacial score (nSPS) is 14.7. The summed E-state index contributed by atoms with van der Waals surface area (Å²) < 4.78 is 25.6. The van der Waals surface area contributed by atoms with E-state index in [2.05, 4.69) is 20.9 Å². The highest BCUT2D eigenvalue weighted by Crippen LogP contribution is 2.38. The van der Waals surface area contributed by atoms with Crippen LogP contribution in [-0.2, 0) is 16.1 Å². The first-order chi connectivity index (χ1) is 21.6. The third-order valence-corrected chi connectivity index (χ3v) is 8.90. The molecule has 45 heavy (non-hydrogen) atoms. The van der Waals surface area contributed by atoms with Crippen molar-refractivity contribution in [2.45, 2.75) is 46.4 Å². The maximum absolute atomic E-state index is 14.0. The van der Waals surface area contributed by atoms with Gasteiger partial charge in [0.05, 0.1) is 46.1 Å². The molecule has 0 unspecified atom stereocenters. The average Bonchev–Trinajstić information content (AvgIpc) is 3.30. The van der Waals surface area contributed by atoms with E-state index in [1.807, 2.05) is 68.4 Å². The first-order valence-corrected chi connectivity index (χ1v) is 16.3. The van der Waals surface area contributed by atoms with Crippen molar-refractivity contribution in [3.63, 3.8) is 0 Å². The summed E-state index contributed by atoms with van der Waals surface area (Å²) in [6.45, 7) is 7.85. The molecule has 1 aliphatic rings. The monoisotopic (exact) mass is 710 g/mol. The summed E-state index contributed by atoms with van der Waals surface area (Å²) in [5.41, 5.74) is 2.82. The molecule has 0 N–H and O–H groups in total. The number of rotatable bonds is 10. The van der Waals surface area contributed by atoms with Crippen molar-refractivity contribution in [3.05, 3.63) is 118 Å². The minimum Gasteiger partial charge on any atom is -0.493 e. The molecule has 0 fully saturated rings. The summed E-state index contributed by atoms with van der Waals surface area (Å²) in [5, 5.41) is 0.610. The molecule has 1 aliphatic heterocycles. The van der Waals surface area contributed by atoms with Crippen molar-refractivity contribution in [3.8, 4) is 17.2 Å². The van der Waals surface area contributed by atoms with Gasteiger partial charge in [0.15, 0.2) is 16.3 Å². The predicted octanol–water partition coefficient (Wildman–Crippen LogP) is 6.59. The van der Waals surface area contributed by atoms with Crippen LogP contribution < -0.4 is 29.1 Å². The van der Waals surface area contributed by atoms with Crippen LogP contribution in [0.3, 0.4) is 0 Å². The lowest BCUT2D eigenvalue weighted by atomic mass is 9.96. The Kier molecular flexibility index (Phi) is 10.2. The summed E-state index contributed by atoms with van der Waals surface area (Å²) in [6.07, 6.45) is 1.78. The van der Waals surface area contributed by atoms with Crippen molar-refractivity contribution in [1.82, 2.24) is 4.57 Å². The van der Waals surface area contributed by atoms with Crippen LogP contribution in [-0.4, -0.2) is 30.4 Å². The van der Waals surface area contributed by atoms with E-state index in [0.29, 0.717) is 52.9 Å². The van der Waals surface area contributed by atoms with Crippen molar-refractivity contribution < 1.29 is 23.7 Å². The molecule has 8 nitrogen and oxygen atoms in total. The van der Waals surface area contributed by atoms with Crippen molar-refractivity contribution in [2.75, 3.05) is 13.7 Å². The number of esters is 1. The van der Waals surface area contributed by atoms with Gasteiger partial charge >= 0.3 is 5.97 Å². The maximum atomic E-state index is 14.0. The Morgan fingerprint density at radius 3 is 2.56 bits per heavy atom. The van der Waals surface area contributed by atoms with Gasteiger partial charge in [-0.25, -0.2) is 9.79 Å². The molecular weight excluding hydrogens is 680 g/mol. The Morgan fingerprint density at radius 2 is 1.89 bits per heavy atom. The van der Waals surface area contributed by atoms with E-state index >= 15 is 0 Å². The first kappa shape index (κ1) is 32.5. The number of allylic oxidation sites excluding steroid dienone is 1. The number of hydrogen-bond donors (Lipinski definition) is 0. The molecule has 0 spiro atoms. The molecule has 0 aliphatic carbocycles. The number of methoxy groups -OCH3 is 1. The van der Waals surface area contributed by atoms with E-state index in [-0.39, 0.29) is 24.9 Å². The molecule has 1 aromatic heterocycles. The zero-order valence-corrected chi connectivity index (χ0v) is 28.6. The molecule has 3 aromatic carbocycles. The summed E-state index contributed by atoms with van der Waals surface area (Å²) in [4.78, 5) is 32.4. The molecule has 2 heterocycles. The van der Waals surface area contributed by atoms with Crippen molar-refractivity contribution in [2.24, 2.45) is 4.99 Å². The average molecular weight is 712 g/mol. The Morgan fingerprint density at radius 1 is 1.16 bits per heavy atom. The molecule has 0 saturated carbocycles. The van der Waals surface area contributed by atoms with E-state index in [1.165, 1.54) is 11.3 Å². The Labute approximate surface area is 278 Å². The summed E-state index contributed by atoms with van der Waals surface area (Å²) in [5.74, 6) is 1.17. The molecule has 4 aromatic rings. The lowest BCUT2D eigenvalue weighted by molar-refractivity contribution is -0.139. The molecule has 0 radical (unpaired) electrons. The maximum Gasteiger partial charge on any atom is 0.338 e. The number of halogens is 2. The van der Waals surface area contributed by atoms with Crippen molar-refractivity contribution >= 4 is 50.9 Å². The van der Waals surface area contributed by atoms with Gasteiger partial charge in [0.1, 0.15) is 12.4 Å². The van der Waals surface area contributed by atoms with Gasteiger partial charge in [0, 0.05) is 10.6 Å². The Bertz CT molecular complexity index is 1950. The van der Waals surface area contributed by atoms with Gasteiger partial charge in [-0.15, -0.1) is 0 Å². The fourth-order valence-electron chi connectivity index (χ4n) is 4.99. The van der Waals surface area contributed by atoms with Crippen LogP contribution >= 0.6 is 38.9 Å². The largest absolute Gasteiger partial charge is 0.493 e. The van der Waals surface area contributed by atoms with E-state index in [0.717, 1.165) is 11.1 Å².